The largest absolute Gasteiger partial charge is 0.472 e. The van der Waals surface area contributed by atoms with E-state index in [0.29, 0.717) is 58.7 Å². The van der Waals surface area contributed by atoms with Gasteiger partial charge in [0.25, 0.3) is 0 Å². The molecule has 2 aliphatic rings. The first-order chi connectivity index (χ1) is 27.9. The number of esters is 2. The van der Waals surface area contributed by atoms with Gasteiger partial charge in [0.15, 0.2) is 10.1 Å². The number of rotatable bonds is 12. The van der Waals surface area contributed by atoms with Crippen molar-refractivity contribution in [1.29, 1.82) is 0 Å². The molecule has 54 heavy (non-hydrogen) atoms. The van der Waals surface area contributed by atoms with Crippen molar-refractivity contribution in [2.75, 3.05) is 40.2 Å². The Bertz CT molecular complexity index is 2340. The highest BCUT2D eigenvalue weighted by Gasteiger charge is 2.35. The Hall–Kier alpha value is -3.06. The van der Waals surface area contributed by atoms with E-state index < -0.39 is 62.8 Å². The number of halogens is 2. The van der Waals surface area contributed by atoms with Crippen molar-refractivity contribution < 1.29 is 63.5 Å². The summed E-state index contributed by atoms with van der Waals surface area (Å²) >= 11 is 15.1. The molecule has 2 aliphatic heterocycles. The molecule has 2 N–H and O–H groups in total. The molecular weight excluding hydrogens is 826 g/mol. The lowest BCUT2D eigenvalue weighted by Gasteiger charge is -2.33. The minimum atomic E-state index is -4.64. The van der Waals surface area contributed by atoms with Crippen LogP contribution in [0.2, 0.25) is 10.0 Å². The molecule has 2 aromatic heterocycles. The van der Waals surface area contributed by atoms with E-state index in [1.54, 1.807) is 70.5 Å². The molecule has 0 spiro atoms. The van der Waals surface area contributed by atoms with Crippen LogP contribution in [0.15, 0.2) is 60.7 Å². The van der Waals surface area contributed by atoms with Gasteiger partial charge < -0.3 is 28.2 Å². The summed E-state index contributed by atoms with van der Waals surface area (Å²) in [5, 5.41) is 1.28. The molecule has 2 atom stereocenters. The Kier molecular flexibility index (Phi) is 11.6. The normalized spacial score (nSPS) is 17.9. The second-order valence-electron chi connectivity index (χ2n) is 11.8. The van der Waals surface area contributed by atoms with Gasteiger partial charge in [0, 0.05) is 46.0 Å². The summed E-state index contributed by atoms with van der Waals surface area (Å²) in [6.45, 7) is 0.821. The lowest BCUT2D eigenvalue weighted by atomic mass is 10.0. The Morgan fingerprint density at radius 1 is 0.852 bits per heavy atom. The highest BCUT2D eigenvalue weighted by atomic mass is 35.5. The molecule has 0 fully saturated rings. The van der Waals surface area contributed by atoms with Gasteiger partial charge in [0.05, 0.1) is 28.6 Å². The average molecular weight is 870 g/mol. The summed E-state index contributed by atoms with van der Waals surface area (Å²) in [6, 6.07) is 14.6. The predicted octanol–water partition coefficient (Wildman–Crippen LogP) is 6.13. The van der Waals surface area contributed by atoms with Gasteiger partial charge >= 0.3 is 29.9 Å². The first kappa shape index (κ1) is 34.2. The molecule has 4 aromatic rings. The number of thiophene rings is 2. The standard InChI is InChI=1S/C17H19ClNO7PS.C17H18ClNO5S2/c1-24-17(20)16(12-4-2-3-5-13(12)18)19-7-6-14-11(9-19)8-15(28-14)25-10-26-27(21,22)23;1-23-17(20)16(12-5-3-4-6-13(12)18)19-8-7-14-11(10-19)9-15(25-14)24-26(2,21)22/h2-5,8,16H,6-7,9-10H2,1H3,(H2,21,22,23);3-6,9,16H,7-8,10H2,1-2H3/t2*16-/m00/s1/i2*1D3. The summed E-state index contributed by atoms with van der Waals surface area (Å²) in [5.74, 6) is -1.86. The van der Waals surface area contributed by atoms with Crippen molar-refractivity contribution in [2.45, 2.75) is 38.0 Å². The Balaban J connectivity index is 0.000000228. The van der Waals surface area contributed by atoms with E-state index in [9.17, 15) is 22.6 Å². The summed E-state index contributed by atoms with van der Waals surface area (Å²) in [6.07, 6.45) is 2.05. The number of ether oxygens (including phenoxy) is 3. The number of carbonyl (C=O) groups excluding carboxylic acids is 2. The molecular formula is C34H37Cl2N2O12PS3. The Morgan fingerprint density at radius 2 is 1.31 bits per heavy atom. The van der Waals surface area contributed by atoms with E-state index in [4.69, 9.17) is 50.1 Å². The number of nitrogens with zero attached hydrogens (tertiary/aromatic N) is 2. The zero-order valence-corrected chi connectivity index (χ0v) is 33.0. The molecule has 0 radical (unpaired) electrons. The van der Waals surface area contributed by atoms with Crippen molar-refractivity contribution in [3.63, 3.8) is 0 Å². The minimum absolute atomic E-state index is 0.249. The predicted molar refractivity (Wildman–Crippen MR) is 203 cm³/mol. The molecule has 0 saturated heterocycles. The Morgan fingerprint density at radius 3 is 1.76 bits per heavy atom. The molecule has 292 valence electrons. The third-order valence-corrected chi connectivity index (χ3v) is 12.2. The van der Waals surface area contributed by atoms with E-state index in [2.05, 4.69) is 14.0 Å². The minimum Gasteiger partial charge on any atom is -0.468 e. The Labute approximate surface area is 338 Å². The van der Waals surface area contributed by atoms with Crippen LogP contribution in [-0.4, -0.2) is 80.2 Å². The fraction of sp³-hybridized carbons (Fsp3) is 0.353. The smallest absolute Gasteiger partial charge is 0.468 e. The maximum atomic E-state index is 12.8. The number of benzene rings is 2. The number of hydrogen-bond acceptors (Lipinski definition) is 14. The molecule has 20 heteroatoms. The third kappa shape index (κ3) is 11.0. The van der Waals surface area contributed by atoms with Gasteiger partial charge in [-0.25, -0.2) is 18.7 Å². The van der Waals surface area contributed by atoms with Gasteiger partial charge in [-0.2, -0.15) is 8.42 Å². The number of fused-ring (bicyclic) bond motifs is 2. The molecule has 0 aliphatic carbocycles. The van der Waals surface area contributed by atoms with Gasteiger partial charge in [0.1, 0.15) is 12.1 Å². The van der Waals surface area contributed by atoms with Crippen molar-refractivity contribution >= 4 is 75.8 Å². The van der Waals surface area contributed by atoms with Crippen LogP contribution < -0.4 is 8.92 Å². The van der Waals surface area contributed by atoms with Crippen LogP contribution in [0, 0.1) is 0 Å². The molecule has 0 bridgehead atoms. The van der Waals surface area contributed by atoms with E-state index in [1.165, 1.54) is 22.7 Å². The first-order valence-electron chi connectivity index (χ1n) is 18.7. The molecule has 0 amide bonds. The lowest BCUT2D eigenvalue weighted by molar-refractivity contribution is -0.148. The van der Waals surface area contributed by atoms with Crippen LogP contribution in [0.3, 0.4) is 0 Å². The van der Waals surface area contributed by atoms with Gasteiger partial charge in [-0.3, -0.25) is 9.80 Å². The fourth-order valence-corrected chi connectivity index (χ4v) is 9.37. The number of phosphoric ester groups is 1. The maximum absolute atomic E-state index is 12.8. The van der Waals surface area contributed by atoms with Crippen LogP contribution in [0.25, 0.3) is 0 Å². The SMILES string of the molecule is [2H]C([2H])([2H])OC(=O)[C@H](c1ccccc1Cl)N1CCc2sc(OCOP(=O)(O)O)cc2C1.[2H]C([2H])([2H])OC(=O)[C@H](c1ccccc1Cl)N1CCc2sc(OS(C)(=O)=O)cc2C1. The van der Waals surface area contributed by atoms with Crippen LogP contribution in [-0.2, 0) is 64.2 Å². The summed E-state index contributed by atoms with van der Waals surface area (Å²) in [4.78, 5) is 48.4. The number of carbonyl (C=O) groups is 2. The summed E-state index contributed by atoms with van der Waals surface area (Å²) in [5.41, 5.74) is 2.51. The van der Waals surface area contributed by atoms with Gasteiger partial charge in [-0.1, -0.05) is 59.6 Å². The summed E-state index contributed by atoms with van der Waals surface area (Å²) < 4.78 is 101. The van der Waals surface area contributed by atoms with Gasteiger partial charge in [0.2, 0.25) is 6.79 Å². The molecule has 2 aromatic carbocycles. The van der Waals surface area contributed by atoms with Gasteiger partial charge in [-0.05, 0) is 59.4 Å². The lowest BCUT2D eigenvalue weighted by Crippen LogP contribution is -2.38. The first-order valence-corrected chi connectivity index (χ1v) is 21.5. The van der Waals surface area contributed by atoms with Crippen molar-refractivity contribution in [3.8, 4) is 10.1 Å². The second kappa shape index (κ2) is 18.3. The summed E-state index contributed by atoms with van der Waals surface area (Å²) in [7, 11) is -14.1. The molecule has 4 heterocycles. The molecule has 14 nitrogen and oxygen atoms in total. The van der Waals surface area contributed by atoms with Crippen molar-refractivity contribution in [1.82, 2.24) is 9.80 Å². The van der Waals surface area contributed by atoms with Crippen molar-refractivity contribution in [2.24, 2.45) is 0 Å². The molecule has 6 rings (SSSR count). The van der Waals surface area contributed by atoms with E-state index >= 15 is 0 Å². The zero-order valence-electron chi connectivity index (χ0n) is 34.2. The van der Waals surface area contributed by atoms with E-state index in [1.807, 2.05) is 0 Å². The van der Waals surface area contributed by atoms with Crippen LogP contribution in [0.4, 0.5) is 0 Å². The third-order valence-electron chi connectivity index (χ3n) is 8.18. The van der Waals surface area contributed by atoms with Crippen LogP contribution in [0.5, 0.6) is 10.1 Å². The van der Waals surface area contributed by atoms with Gasteiger partial charge in [-0.15, -0.1) is 22.7 Å². The van der Waals surface area contributed by atoms with E-state index in [0.717, 1.165) is 27.1 Å². The second-order valence-corrected chi connectivity index (χ2v) is 17.7. The number of phosphoric acid groups is 1. The quantitative estimate of drug-likeness (QED) is 0.0719. The zero-order chi connectivity index (χ0) is 44.2. The van der Waals surface area contributed by atoms with E-state index in [-0.39, 0.29) is 11.6 Å². The average Bonchev–Trinajstić information content (AvgIpc) is 3.70. The van der Waals surface area contributed by atoms with Crippen molar-refractivity contribution in [3.05, 3.63) is 103 Å². The topological polar surface area (TPSA) is 178 Å². The maximum Gasteiger partial charge on any atom is 0.472 e. The highest BCUT2D eigenvalue weighted by molar-refractivity contribution is 7.86. The molecule has 0 saturated carbocycles. The molecule has 0 unspecified atom stereocenters. The van der Waals surface area contributed by atoms with Crippen LogP contribution >= 0.6 is 53.7 Å². The van der Waals surface area contributed by atoms with Crippen LogP contribution in [0.1, 0.15) is 52.3 Å². The number of hydrogen-bond donors (Lipinski definition) is 2. The highest BCUT2D eigenvalue weighted by Crippen LogP contribution is 2.40. The number of methoxy groups -OCH3 is 2. The monoisotopic (exact) mass is 868 g/mol. The fourth-order valence-electron chi connectivity index (χ4n) is 5.96.